The first kappa shape index (κ1) is 15.8. The molecule has 3 N–H and O–H groups in total. The molecule has 0 aromatic heterocycles. The van der Waals surface area contributed by atoms with Crippen LogP contribution >= 0.6 is 0 Å². The van der Waals surface area contributed by atoms with Gasteiger partial charge in [-0.25, -0.2) is 4.79 Å². The number of carboxylic acids is 1. The van der Waals surface area contributed by atoms with Gasteiger partial charge in [0.05, 0.1) is 22.6 Å². The van der Waals surface area contributed by atoms with E-state index in [4.69, 9.17) is 9.66 Å². The highest BCUT2D eigenvalue weighted by Crippen LogP contribution is 2.21. The summed E-state index contributed by atoms with van der Waals surface area (Å²) >= 11 is 0. The summed E-state index contributed by atoms with van der Waals surface area (Å²) in [6.45, 7) is 1.17. The van der Waals surface area contributed by atoms with Crippen LogP contribution in [0.25, 0.3) is 0 Å². The third kappa shape index (κ3) is 4.14. The summed E-state index contributed by atoms with van der Waals surface area (Å²) in [7, 11) is -4.54. The van der Waals surface area contributed by atoms with Crippen LogP contribution in [0.4, 0.5) is 5.69 Å². The van der Waals surface area contributed by atoms with E-state index in [9.17, 15) is 22.8 Å². The molecule has 108 valence electrons. The zero-order valence-corrected chi connectivity index (χ0v) is 11.1. The van der Waals surface area contributed by atoms with Gasteiger partial charge in [-0.05, 0) is 25.1 Å². The van der Waals surface area contributed by atoms with Crippen LogP contribution in [0, 0.1) is 0 Å². The van der Waals surface area contributed by atoms with Crippen LogP contribution in [0.2, 0.25) is 0 Å². The predicted octanol–water partition coefficient (Wildman–Crippen LogP) is 0.549. The summed E-state index contributed by atoms with van der Waals surface area (Å²) < 4.78 is 30.8. The van der Waals surface area contributed by atoms with Crippen molar-refractivity contribution >= 4 is 33.5 Å². The van der Waals surface area contributed by atoms with Gasteiger partial charge in [0.1, 0.15) is 5.78 Å². The number of carboxylic acid groups (broad SMARTS) is 1. The number of hydrogen-bond acceptors (Lipinski definition) is 5. The fraction of sp³-hybridized carbons (Fsp3) is 0.182. The van der Waals surface area contributed by atoms with Gasteiger partial charge in [-0.2, -0.15) is 8.42 Å². The summed E-state index contributed by atoms with van der Waals surface area (Å²) in [5.74, 6) is -2.62. The van der Waals surface area contributed by atoms with Gasteiger partial charge in [-0.1, -0.05) is 0 Å². The second-order valence-corrected chi connectivity index (χ2v) is 5.34. The molecule has 20 heavy (non-hydrogen) atoms. The Hall–Kier alpha value is -2.26. The van der Waals surface area contributed by atoms with E-state index in [2.05, 4.69) is 5.32 Å². The van der Waals surface area contributed by atoms with Crippen molar-refractivity contribution in [3.05, 3.63) is 23.8 Å². The van der Waals surface area contributed by atoms with Crippen molar-refractivity contribution in [3.8, 4) is 0 Å². The molecule has 8 nitrogen and oxygen atoms in total. The van der Waals surface area contributed by atoms with Gasteiger partial charge >= 0.3 is 5.97 Å². The zero-order valence-electron chi connectivity index (χ0n) is 10.3. The van der Waals surface area contributed by atoms with E-state index in [-0.39, 0.29) is 11.3 Å². The average Bonchev–Trinajstić information content (AvgIpc) is 2.25. The second kappa shape index (κ2) is 5.80. The molecule has 0 saturated carbocycles. The number of Topliss-reactive ketones (excluding diaryl/α,β-unsaturated/α-hetero) is 1. The van der Waals surface area contributed by atoms with Crippen molar-refractivity contribution in [2.75, 3.05) is 5.32 Å². The summed E-state index contributed by atoms with van der Waals surface area (Å²) in [6.07, 6.45) is -0.477. The molecule has 0 heterocycles. The van der Waals surface area contributed by atoms with E-state index < -0.39 is 39.1 Å². The van der Waals surface area contributed by atoms with Crippen LogP contribution in [0.1, 0.15) is 23.7 Å². The van der Waals surface area contributed by atoms with Crippen LogP contribution in [0.3, 0.4) is 0 Å². The van der Waals surface area contributed by atoms with Gasteiger partial charge in [0.25, 0.3) is 10.1 Å². The third-order valence-corrected chi connectivity index (χ3v) is 3.05. The molecule has 0 aliphatic carbocycles. The lowest BCUT2D eigenvalue weighted by Gasteiger charge is -2.09. The number of amides is 1. The first-order valence-corrected chi connectivity index (χ1v) is 6.69. The van der Waals surface area contributed by atoms with Crippen LogP contribution in [0.5, 0.6) is 0 Å². The molecule has 1 aromatic carbocycles. The molecule has 0 atom stereocenters. The molecule has 0 bridgehead atoms. The number of hydrogen-bond donors (Lipinski definition) is 3. The highest BCUT2D eigenvalue weighted by molar-refractivity contribution is 7.85. The number of benzene rings is 1. The van der Waals surface area contributed by atoms with Crippen molar-refractivity contribution in [1.29, 1.82) is 0 Å². The summed E-state index contributed by atoms with van der Waals surface area (Å²) in [6, 6.07) is 2.62. The van der Waals surface area contributed by atoms with Crippen molar-refractivity contribution < 1.29 is 32.5 Å². The number of ketones is 1. The van der Waals surface area contributed by atoms with E-state index in [0.717, 1.165) is 18.2 Å². The molecule has 1 amide bonds. The minimum absolute atomic E-state index is 0.320. The lowest BCUT2D eigenvalue weighted by molar-refractivity contribution is -0.124. The maximum absolute atomic E-state index is 11.4. The maximum atomic E-state index is 11.4. The molecule has 0 radical (unpaired) electrons. The number of aromatic carboxylic acids is 1. The monoisotopic (exact) mass is 301 g/mol. The number of rotatable bonds is 5. The first-order chi connectivity index (χ1) is 9.11. The summed E-state index contributed by atoms with van der Waals surface area (Å²) in [5.41, 5.74) is -0.687. The molecule has 0 aliphatic heterocycles. The molecule has 0 unspecified atom stereocenters. The van der Waals surface area contributed by atoms with Crippen LogP contribution < -0.4 is 5.32 Å². The van der Waals surface area contributed by atoms with E-state index in [1.54, 1.807) is 0 Å². The van der Waals surface area contributed by atoms with Crippen LogP contribution in [0.15, 0.2) is 23.1 Å². The Morgan fingerprint density at radius 2 is 1.85 bits per heavy atom. The van der Waals surface area contributed by atoms with Crippen molar-refractivity contribution in [1.82, 2.24) is 0 Å². The Morgan fingerprint density at radius 3 is 2.30 bits per heavy atom. The molecular formula is C11H11NO7S. The van der Waals surface area contributed by atoms with Gasteiger partial charge < -0.3 is 10.4 Å². The van der Waals surface area contributed by atoms with Crippen molar-refractivity contribution in [2.24, 2.45) is 0 Å². The average molecular weight is 301 g/mol. The third-order valence-electron chi connectivity index (χ3n) is 2.20. The SMILES string of the molecule is CC(=O)CC(=O)Nc1cc(S(=O)(=O)O)ccc1C(=O)O. The Kier molecular flexibility index (Phi) is 4.58. The molecular weight excluding hydrogens is 290 g/mol. The quantitative estimate of drug-likeness (QED) is 0.533. The molecule has 0 spiro atoms. The zero-order chi connectivity index (χ0) is 15.5. The molecule has 0 aliphatic rings. The number of anilines is 1. The van der Waals surface area contributed by atoms with Gasteiger partial charge in [0.2, 0.25) is 5.91 Å². The number of nitrogens with one attached hydrogen (secondary N) is 1. The predicted molar refractivity (Wildman–Crippen MR) is 67.1 cm³/mol. The maximum Gasteiger partial charge on any atom is 0.337 e. The molecule has 9 heteroatoms. The minimum Gasteiger partial charge on any atom is -0.478 e. The van der Waals surface area contributed by atoms with Crippen LogP contribution in [-0.2, 0) is 19.7 Å². The lowest BCUT2D eigenvalue weighted by Crippen LogP contribution is -2.17. The van der Waals surface area contributed by atoms with Crippen molar-refractivity contribution in [3.63, 3.8) is 0 Å². The van der Waals surface area contributed by atoms with Gasteiger partial charge in [-0.3, -0.25) is 14.1 Å². The largest absolute Gasteiger partial charge is 0.478 e. The van der Waals surface area contributed by atoms with E-state index in [0.29, 0.717) is 0 Å². The molecule has 0 fully saturated rings. The Balaban J connectivity index is 3.23. The highest BCUT2D eigenvalue weighted by atomic mass is 32.2. The van der Waals surface area contributed by atoms with E-state index >= 15 is 0 Å². The first-order valence-electron chi connectivity index (χ1n) is 5.25. The number of carbonyl (C=O) groups is 3. The molecule has 1 aromatic rings. The normalized spacial score (nSPS) is 10.9. The Morgan fingerprint density at radius 1 is 1.25 bits per heavy atom. The molecule has 1 rings (SSSR count). The Bertz CT molecular complexity index is 678. The van der Waals surface area contributed by atoms with E-state index in [1.807, 2.05) is 0 Å². The summed E-state index contributed by atoms with van der Waals surface area (Å²) in [4.78, 5) is 32.6. The standard InChI is InChI=1S/C11H11NO7S/c1-6(13)4-10(14)12-9-5-7(20(17,18)19)2-3-8(9)11(15)16/h2-3,5H,4H2,1H3,(H,12,14)(H,15,16)(H,17,18,19). The second-order valence-electron chi connectivity index (χ2n) is 3.91. The Labute approximate surface area is 114 Å². The summed E-state index contributed by atoms with van der Waals surface area (Å²) in [5, 5.41) is 11.0. The molecule has 0 saturated heterocycles. The van der Waals surface area contributed by atoms with Gasteiger partial charge in [0, 0.05) is 0 Å². The topological polar surface area (TPSA) is 138 Å². The fourth-order valence-electron chi connectivity index (χ4n) is 1.39. The van der Waals surface area contributed by atoms with Gasteiger partial charge in [-0.15, -0.1) is 0 Å². The lowest BCUT2D eigenvalue weighted by atomic mass is 10.1. The minimum atomic E-state index is -4.54. The van der Waals surface area contributed by atoms with Gasteiger partial charge in [0.15, 0.2) is 0 Å². The smallest absolute Gasteiger partial charge is 0.337 e. The van der Waals surface area contributed by atoms with Crippen molar-refractivity contribution in [2.45, 2.75) is 18.2 Å². The van der Waals surface area contributed by atoms with E-state index in [1.165, 1.54) is 6.92 Å². The highest BCUT2D eigenvalue weighted by Gasteiger charge is 2.18. The van der Waals surface area contributed by atoms with Crippen LogP contribution in [-0.4, -0.2) is 35.7 Å². The number of carbonyl (C=O) groups excluding carboxylic acids is 2. The fourth-order valence-corrected chi connectivity index (χ4v) is 1.90.